The molecule has 174 valence electrons. The van der Waals surface area contributed by atoms with Crippen LogP contribution in [0.1, 0.15) is 32.6 Å². The summed E-state index contributed by atoms with van der Waals surface area (Å²) in [5, 5.41) is 5.42. The highest BCUT2D eigenvalue weighted by Crippen LogP contribution is 2.36. The van der Waals surface area contributed by atoms with Gasteiger partial charge in [-0.25, -0.2) is 13.2 Å². The first kappa shape index (κ1) is 22.7. The van der Waals surface area contributed by atoms with E-state index in [9.17, 15) is 22.8 Å². The van der Waals surface area contributed by atoms with Crippen molar-refractivity contribution in [3.63, 3.8) is 0 Å². The minimum atomic E-state index is -3.63. The molecule has 1 aliphatic carbocycles. The summed E-state index contributed by atoms with van der Waals surface area (Å²) in [7, 11) is -3.63. The Morgan fingerprint density at radius 3 is 2.41 bits per heavy atom. The van der Waals surface area contributed by atoms with E-state index < -0.39 is 34.0 Å². The molecule has 2 aliphatic heterocycles. The molecule has 0 unspecified atom stereocenters. The number of morpholine rings is 1. The number of ether oxygens (including phenoxy) is 1. The lowest BCUT2D eigenvalue weighted by molar-refractivity contribution is -0.135. The van der Waals surface area contributed by atoms with Crippen molar-refractivity contribution in [2.75, 3.05) is 38.2 Å². The van der Waals surface area contributed by atoms with Crippen LogP contribution in [0.3, 0.4) is 0 Å². The van der Waals surface area contributed by atoms with Crippen LogP contribution < -0.4 is 10.6 Å². The van der Waals surface area contributed by atoms with Gasteiger partial charge in [0.05, 0.1) is 18.1 Å². The number of hydrogen-bond donors (Lipinski definition) is 2. The maximum atomic E-state index is 12.9. The smallest absolute Gasteiger partial charge is 0.325 e. The van der Waals surface area contributed by atoms with E-state index in [-0.39, 0.29) is 10.8 Å². The molecule has 2 heterocycles. The van der Waals surface area contributed by atoms with E-state index in [1.807, 2.05) is 0 Å². The molecule has 0 aromatic heterocycles. The van der Waals surface area contributed by atoms with Gasteiger partial charge in [0, 0.05) is 18.8 Å². The minimum Gasteiger partial charge on any atom is -0.379 e. The lowest BCUT2D eigenvalue weighted by Gasteiger charge is -2.33. The fourth-order valence-electron chi connectivity index (χ4n) is 4.40. The molecular formula is C21H28N4O6S. The SMILES string of the molecule is CC1CCC2(CC1)NC(=O)N(CC(=O)Nc1ccc(S(=O)(=O)N3CCOCC3)cc1)C2=O. The molecule has 10 nitrogen and oxygen atoms in total. The summed E-state index contributed by atoms with van der Waals surface area (Å²) in [6.07, 6.45) is 2.86. The Kier molecular flexibility index (Phi) is 6.24. The molecule has 11 heteroatoms. The van der Waals surface area contributed by atoms with Gasteiger partial charge in [0.15, 0.2) is 0 Å². The predicted octanol–water partition coefficient (Wildman–Crippen LogP) is 1.15. The van der Waals surface area contributed by atoms with Crippen molar-refractivity contribution in [3.05, 3.63) is 24.3 Å². The van der Waals surface area contributed by atoms with E-state index in [2.05, 4.69) is 17.6 Å². The van der Waals surface area contributed by atoms with Gasteiger partial charge in [-0.2, -0.15) is 4.31 Å². The first-order chi connectivity index (χ1) is 15.2. The van der Waals surface area contributed by atoms with Crippen molar-refractivity contribution in [2.24, 2.45) is 5.92 Å². The average molecular weight is 465 g/mol. The van der Waals surface area contributed by atoms with Gasteiger partial charge >= 0.3 is 6.03 Å². The van der Waals surface area contributed by atoms with Crippen molar-refractivity contribution in [1.82, 2.24) is 14.5 Å². The number of anilines is 1. The fourth-order valence-corrected chi connectivity index (χ4v) is 5.81. The van der Waals surface area contributed by atoms with Crippen molar-refractivity contribution in [3.8, 4) is 0 Å². The van der Waals surface area contributed by atoms with E-state index in [4.69, 9.17) is 4.74 Å². The number of imide groups is 1. The van der Waals surface area contributed by atoms with Crippen LogP contribution in [0.2, 0.25) is 0 Å². The second kappa shape index (κ2) is 8.80. The molecule has 0 bridgehead atoms. The first-order valence-corrected chi connectivity index (χ1v) is 12.3. The predicted molar refractivity (Wildman–Crippen MR) is 115 cm³/mol. The number of amides is 4. The molecular weight excluding hydrogens is 436 g/mol. The Labute approximate surface area is 187 Å². The molecule has 3 fully saturated rings. The normalized spacial score (nSPS) is 26.9. The third kappa shape index (κ3) is 4.37. The van der Waals surface area contributed by atoms with Crippen LogP contribution in [-0.4, -0.2) is 73.9 Å². The van der Waals surface area contributed by atoms with Crippen LogP contribution in [0, 0.1) is 5.92 Å². The number of urea groups is 1. The molecule has 1 spiro atoms. The van der Waals surface area contributed by atoms with Crippen LogP contribution in [0.15, 0.2) is 29.2 Å². The Morgan fingerprint density at radius 1 is 1.16 bits per heavy atom. The van der Waals surface area contributed by atoms with E-state index in [1.165, 1.54) is 28.6 Å². The number of hydrogen-bond acceptors (Lipinski definition) is 6. The maximum Gasteiger partial charge on any atom is 0.325 e. The zero-order valence-electron chi connectivity index (χ0n) is 18.0. The van der Waals surface area contributed by atoms with Gasteiger partial charge in [-0.05, 0) is 55.9 Å². The number of sulfonamides is 1. The summed E-state index contributed by atoms with van der Waals surface area (Å²) in [6, 6.07) is 5.27. The van der Waals surface area contributed by atoms with Crippen molar-refractivity contribution < 1.29 is 27.5 Å². The summed E-state index contributed by atoms with van der Waals surface area (Å²) in [5.74, 6) is -0.368. The van der Waals surface area contributed by atoms with Gasteiger partial charge in [0.1, 0.15) is 12.1 Å². The van der Waals surface area contributed by atoms with Gasteiger partial charge in [-0.15, -0.1) is 0 Å². The Morgan fingerprint density at radius 2 is 1.78 bits per heavy atom. The molecule has 2 saturated heterocycles. The monoisotopic (exact) mass is 464 g/mol. The quantitative estimate of drug-likeness (QED) is 0.630. The van der Waals surface area contributed by atoms with Gasteiger partial charge in [-0.1, -0.05) is 6.92 Å². The zero-order chi connectivity index (χ0) is 22.9. The molecule has 2 N–H and O–H groups in total. The van der Waals surface area contributed by atoms with Crippen molar-refractivity contribution in [2.45, 2.75) is 43.0 Å². The standard InChI is InChI=1S/C21H28N4O6S/c1-15-6-8-21(9-7-15)19(27)25(20(28)23-21)14-18(26)22-16-2-4-17(5-3-16)32(29,30)24-10-12-31-13-11-24/h2-5,15H,6-14H2,1H3,(H,22,26)(H,23,28). The van der Waals surface area contributed by atoms with Crippen LogP contribution >= 0.6 is 0 Å². The largest absolute Gasteiger partial charge is 0.379 e. The molecule has 0 radical (unpaired) electrons. The van der Waals surface area contributed by atoms with Crippen LogP contribution in [-0.2, 0) is 24.3 Å². The Hall–Kier alpha value is -2.50. The molecule has 1 aromatic rings. The Balaban J connectivity index is 1.37. The molecule has 32 heavy (non-hydrogen) atoms. The lowest BCUT2D eigenvalue weighted by atomic mass is 9.77. The van der Waals surface area contributed by atoms with Gasteiger partial charge in [0.2, 0.25) is 15.9 Å². The summed E-state index contributed by atoms with van der Waals surface area (Å²) in [5.41, 5.74) is -0.511. The highest BCUT2D eigenvalue weighted by atomic mass is 32.2. The average Bonchev–Trinajstić information content (AvgIpc) is 3.01. The molecule has 0 atom stereocenters. The van der Waals surface area contributed by atoms with Crippen LogP contribution in [0.25, 0.3) is 0 Å². The van der Waals surface area contributed by atoms with Crippen LogP contribution in [0.5, 0.6) is 0 Å². The Bertz CT molecular complexity index is 996. The summed E-state index contributed by atoms with van der Waals surface area (Å²) in [6.45, 7) is 3.04. The number of carbonyl (C=O) groups is 3. The molecule has 3 aliphatic rings. The number of carbonyl (C=O) groups excluding carboxylic acids is 3. The highest BCUT2D eigenvalue weighted by Gasteiger charge is 2.52. The number of benzene rings is 1. The molecule has 1 saturated carbocycles. The van der Waals surface area contributed by atoms with Gasteiger partial charge in [0.25, 0.3) is 5.91 Å². The summed E-state index contributed by atoms with van der Waals surface area (Å²) >= 11 is 0. The van der Waals surface area contributed by atoms with E-state index in [0.717, 1.165) is 17.7 Å². The van der Waals surface area contributed by atoms with E-state index >= 15 is 0 Å². The van der Waals surface area contributed by atoms with E-state index in [1.54, 1.807) is 0 Å². The van der Waals surface area contributed by atoms with Gasteiger partial charge < -0.3 is 15.4 Å². The van der Waals surface area contributed by atoms with Crippen LogP contribution in [0.4, 0.5) is 10.5 Å². The molecule has 4 amide bonds. The summed E-state index contributed by atoms with van der Waals surface area (Å²) < 4.78 is 31.9. The first-order valence-electron chi connectivity index (χ1n) is 10.8. The molecule has 1 aromatic carbocycles. The van der Waals surface area contributed by atoms with Crippen molar-refractivity contribution >= 4 is 33.6 Å². The number of nitrogens with zero attached hydrogens (tertiary/aromatic N) is 2. The zero-order valence-corrected chi connectivity index (χ0v) is 18.8. The second-order valence-electron chi connectivity index (χ2n) is 8.68. The van der Waals surface area contributed by atoms with E-state index in [0.29, 0.717) is 50.8 Å². The highest BCUT2D eigenvalue weighted by molar-refractivity contribution is 7.89. The molecule has 4 rings (SSSR count). The van der Waals surface area contributed by atoms with Gasteiger partial charge in [-0.3, -0.25) is 14.5 Å². The summed E-state index contributed by atoms with van der Waals surface area (Å²) in [4.78, 5) is 38.8. The maximum absolute atomic E-state index is 12.9. The topological polar surface area (TPSA) is 125 Å². The third-order valence-corrected chi connectivity index (χ3v) is 8.33. The van der Waals surface area contributed by atoms with Crippen molar-refractivity contribution in [1.29, 1.82) is 0 Å². The second-order valence-corrected chi connectivity index (χ2v) is 10.6. The number of nitrogens with one attached hydrogen (secondary N) is 2. The lowest BCUT2D eigenvalue weighted by Crippen LogP contribution is -2.49. The third-order valence-electron chi connectivity index (χ3n) is 6.42. The fraction of sp³-hybridized carbons (Fsp3) is 0.571. The number of rotatable bonds is 5. The minimum absolute atomic E-state index is 0.125.